The van der Waals surface area contributed by atoms with E-state index in [4.69, 9.17) is 4.84 Å². The molecule has 0 aliphatic carbocycles. The summed E-state index contributed by atoms with van der Waals surface area (Å²) in [4.78, 5) is 14.6. The predicted octanol–water partition coefficient (Wildman–Crippen LogP) is 1.77. The Morgan fingerprint density at radius 3 is 2.21 bits per heavy atom. The molecule has 0 rings (SSSR count). The van der Waals surface area contributed by atoms with E-state index in [-0.39, 0.29) is 29.6 Å². The Morgan fingerprint density at radius 2 is 1.64 bits per heavy atom. The number of hydrogen-bond acceptors (Lipinski definition) is 2. The van der Waals surface area contributed by atoms with Gasteiger partial charge in [-0.1, -0.05) is 45.4 Å². The van der Waals surface area contributed by atoms with E-state index in [1.807, 2.05) is 0 Å². The van der Waals surface area contributed by atoms with Crippen LogP contribution in [-0.2, 0) is 9.63 Å². The van der Waals surface area contributed by atoms with Crippen molar-refractivity contribution in [2.24, 2.45) is 0 Å². The van der Waals surface area contributed by atoms with Crippen molar-refractivity contribution in [1.29, 1.82) is 0 Å². The van der Waals surface area contributed by atoms with Crippen LogP contribution in [0.5, 0.6) is 0 Å². The van der Waals surface area contributed by atoms with E-state index in [2.05, 4.69) is 12.4 Å². The zero-order valence-corrected chi connectivity index (χ0v) is 8.55. The van der Waals surface area contributed by atoms with E-state index in [0.29, 0.717) is 13.0 Å². The summed E-state index contributed by atoms with van der Waals surface area (Å²) in [5.41, 5.74) is 2.18. The monoisotopic (exact) mass is 211 g/mol. The van der Waals surface area contributed by atoms with Crippen molar-refractivity contribution in [2.45, 2.75) is 51.9 Å². The molecule has 0 spiro atoms. The summed E-state index contributed by atoms with van der Waals surface area (Å²) < 4.78 is 0. The van der Waals surface area contributed by atoms with Gasteiger partial charge in [0.05, 0.1) is 6.61 Å². The van der Waals surface area contributed by atoms with Crippen LogP contribution in [0.3, 0.4) is 0 Å². The Morgan fingerprint density at radius 1 is 1.07 bits per heavy atom. The SMILES string of the molecule is CCCCCCCCCONC=O.[NaH]. The van der Waals surface area contributed by atoms with E-state index >= 15 is 0 Å². The number of unbranched alkanes of at least 4 members (excludes halogenated alkanes) is 6. The molecule has 0 unspecified atom stereocenters. The molecule has 0 aromatic heterocycles. The summed E-state index contributed by atoms with van der Waals surface area (Å²) in [5, 5.41) is 0. The number of amides is 1. The number of carbonyl (C=O) groups excluding carboxylic acids is 1. The Bertz CT molecular complexity index is 112. The number of rotatable bonds is 10. The molecular formula is C10H22NNaO2. The van der Waals surface area contributed by atoms with Crippen molar-refractivity contribution in [2.75, 3.05) is 6.61 Å². The van der Waals surface area contributed by atoms with Gasteiger partial charge < -0.3 is 0 Å². The van der Waals surface area contributed by atoms with Crippen LogP contribution in [0, 0.1) is 0 Å². The van der Waals surface area contributed by atoms with Gasteiger partial charge in [-0.3, -0.25) is 9.63 Å². The standard InChI is InChI=1S/C10H21NO2.Na.H/c1-2-3-4-5-6-7-8-9-13-11-10-12;;/h10H,2-9H2,1H3,(H,11,12);;. The van der Waals surface area contributed by atoms with E-state index < -0.39 is 0 Å². The Hall–Kier alpha value is 0.430. The third kappa shape index (κ3) is 14.9. The maximum atomic E-state index is 9.78. The molecule has 0 saturated carbocycles. The number of nitrogens with one attached hydrogen (secondary N) is 1. The topological polar surface area (TPSA) is 38.3 Å². The minimum absolute atomic E-state index is 0. The fraction of sp³-hybridized carbons (Fsp3) is 0.900. The van der Waals surface area contributed by atoms with Crippen LogP contribution >= 0.6 is 0 Å². The fourth-order valence-corrected chi connectivity index (χ4v) is 1.22. The van der Waals surface area contributed by atoms with Crippen LogP contribution in [-0.4, -0.2) is 42.6 Å². The molecule has 1 amide bonds. The normalized spacial score (nSPS) is 9.21. The van der Waals surface area contributed by atoms with Crippen LogP contribution in [0.1, 0.15) is 51.9 Å². The molecule has 3 nitrogen and oxygen atoms in total. The van der Waals surface area contributed by atoms with Gasteiger partial charge in [-0.2, -0.15) is 0 Å². The molecule has 0 saturated heterocycles. The average Bonchev–Trinajstić information content (AvgIpc) is 2.16. The first-order valence-corrected chi connectivity index (χ1v) is 5.22. The Labute approximate surface area is 109 Å². The van der Waals surface area contributed by atoms with Crippen LogP contribution in [0.2, 0.25) is 0 Å². The van der Waals surface area contributed by atoms with Crippen molar-refractivity contribution >= 4 is 36.0 Å². The summed E-state index contributed by atoms with van der Waals surface area (Å²) in [6.45, 7) is 2.85. The number of carbonyl (C=O) groups is 1. The quantitative estimate of drug-likeness (QED) is 0.259. The second-order valence-electron chi connectivity index (χ2n) is 3.21. The average molecular weight is 211 g/mol. The van der Waals surface area contributed by atoms with Gasteiger partial charge in [-0.15, -0.1) is 0 Å². The van der Waals surface area contributed by atoms with E-state index in [1.165, 1.54) is 38.5 Å². The third-order valence-corrected chi connectivity index (χ3v) is 1.98. The van der Waals surface area contributed by atoms with Crippen LogP contribution < -0.4 is 5.48 Å². The fourth-order valence-electron chi connectivity index (χ4n) is 1.22. The third-order valence-electron chi connectivity index (χ3n) is 1.98. The number of hydrogen-bond donors (Lipinski definition) is 1. The summed E-state index contributed by atoms with van der Waals surface area (Å²) >= 11 is 0. The van der Waals surface area contributed by atoms with Gasteiger partial charge >= 0.3 is 29.6 Å². The Balaban J connectivity index is 0. The summed E-state index contributed by atoms with van der Waals surface area (Å²) in [6.07, 6.45) is 9.40. The first kappa shape index (κ1) is 16.8. The molecule has 0 bridgehead atoms. The first-order valence-electron chi connectivity index (χ1n) is 5.22. The van der Waals surface area contributed by atoms with Gasteiger partial charge in [-0.25, -0.2) is 5.48 Å². The molecule has 0 fully saturated rings. The van der Waals surface area contributed by atoms with Gasteiger partial charge in [0.2, 0.25) is 6.41 Å². The zero-order chi connectivity index (χ0) is 9.78. The van der Waals surface area contributed by atoms with E-state index in [9.17, 15) is 4.79 Å². The molecule has 14 heavy (non-hydrogen) atoms. The van der Waals surface area contributed by atoms with Gasteiger partial charge in [0.1, 0.15) is 0 Å². The van der Waals surface area contributed by atoms with Gasteiger partial charge in [0.15, 0.2) is 0 Å². The van der Waals surface area contributed by atoms with Crippen molar-refractivity contribution in [3.8, 4) is 0 Å². The van der Waals surface area contributed by atoms with Gasteiger partial charge in [0, 0.05) is 0 Å². The van der Waals surface area contributed by atoms with Crippen molar-refractivity contribution < 1.29 is 9.63 Å². The molecule has 1 N–H and O–H groups in total. The van der Waals surface area contributed by atoms with E-state index in [0.717, 1.165) is 6.42 Å². The molecule has 0 radical (unpaired) electrons. The summed E-state index contributed by atoms with van der Waals surface area (Å²) in [7, 11) is 0. The van der Waals surface area contributed by atoms with Crippen LogP contribution in [0.25, 0.3) is 0 Å². The first-order chi connectivity index (χ1) is 6.41. The molecule has 0 aliphatic heterocycles. The zero-order valence-electron chi connectivity index (χ0n) is 8.55. The van der Waals surface area contributed by atoms with Crippen molar-refractivity contribution in [1.82, 2.24) is 5.48 Å². The summed E-state index contributed by atoms with van der Waals surface area (Å²) in [5.74, 6) is 0. The molecular weight excluding hydrogens is 189 g/mol. The second-order valence-corrected chi connectivity index (χ2v) is 3.21. The molecule has 4 heteroatoms. The molecule has 0 aromatic rings. The van der Waals surface area contributed by atoms with Crippen molar-refractivity contribution in [3.63, 3.8) is 0 Å². The van der Waals surface area contributed by atoms with Gasteiger partial charge in [-0.05, 0) is 6.42 Å². The summed E-state index contributed by atoms with van der Waals surface area (Å²) in [6, 6.07) is 0. The predicted molar refractivity (Wildman–Crippen MR) is 60.3 cm³/mol. The van der Waals surface area contributed by atoms with Gasteiger partial charge in [0.25, 0.3) is 0 Å². The second kappa shape index (κ2) is 15.9. The molecule has 0 atom stereocenters. The molecule has 0 aliphatic rings. The Kier molecular flexibility index (Phi) is 19.1. The van der Waals surface area contributed by atoms with Crippen molar-refractivity contribution in [3.05, 3.63) is 0 Å². The molecule has 80 valence electrons. The van der Waals surface area contributed by atoms with Crippen LogP contribution in [0.15, 0.2) is 0 Å². The molecule has 0 heterocycles. The minimum atomic E-state index is 0. The molecule has 0 aromatic carbocycles. The van der Waals surface area contributed by atoms with E-state index in [1.54, 1.807) is 0 Å². The maximum absolute atomic E-state index is 9.78. The van der Waals surface area contributed by atoms with Crippen LogP contribution in [0.4, 0.5) is 0 Å². The number of hydroxylamine groups is 1.